The topological polar surface area (TPSA) is 21.6 Å². The highest BCUT2D eigenvalue weighted by atomic mass is 16.5. The van der Waals surface area contributed by atoms with Gasteiger partial charge in [0.1, 0.15) is 6.23 Å². The lowest BCUT2D eigenvalue weighted by Gasteiger charge is -2.19. The first-order valence-corrected chi connectivity index (χ1v) is 5.93. The highest BCUT2D eigenvalue weighted by Gasteiger charge is 2.11. The molecule has 82 valence electrons. The van der Waals surface area contributed by atoms with E-state index >= 15 is 0 Å². The van der Waals surface area contributed by atoms with Crippen LogP contribution in [0.5, 0.6) is 0 Å². The predicted octanol–water partition coefficient (Wildman–Crippen LogP) is 3.55. The third-order valence-electron chi connectivity index (χ3n) is 2.54. The van der Waals surface area contributed by atoms with E-state index in [-0.39, 0.29) is 12.3 Å². The van der Waals surface area contributed by atoms with Gasteiger partial charge in [-0.3, -0.25) is 4.99 Å². The third-order valence-corrected chi connectivity index (χ3v) is 2.54. The summed E-state index contributed by atoms with van der Waals surface area (Å²) in [6.45, 7) is 6.29. The van der Waals surface area contributed by atoms with Crippen LogP contribution in [0.1, 0.15) is 59.3 Å². The summed E-state index contributed by atoms with van der Waals surface area (Å²) in [6.07, 6.45) is 7.77. The molecule has 2 nitrogen and oxygen atoms in total. The predicted molar refractivity (Wildman–Crippen MR) is 60.8 cm³/mol. The van der Waals surface area contributed by atoms with Crippen molar-refractivity contribution in [1.29, 1.82) is 0 Å². The van der Waals surface area contributed by atoms with E-state index in [4.69, 9.17) is 4.74 Å². The van der Waals surface area contributed by atoms with Crippen molar-refractivity contribution in [3.8, 4) is 0 Å². The van der Waals surface area contributed by atoms with Crippen LogP contribution in [0, 0.1) is 0 Å². The van der Waals surface area contributed by atoms with Gasteiger partial charge in [-0.2, -0.15) is 0 Å². The van der Waals surface area contributed by atoms with Crippen LogP contribution in [0.3, 0.4) is 0 Å². The molecular weight excluding hydrogens is 174 g/mol. The Morgan fingerprint density at radius 1 is 1.21 bits per heavy atom. The molecule has 0 spiro atoms. The van der Waals surface area contributed by atoms with Crippen molar-refractivity contribution >= 4 is 5.71 Å². The maximum absolute atomic E-state index is 5.71. The van der Waals surface area contributed by atoms with Crippen LogP contribution in [0.25, 0.3) is 0 Å². The SMILES string of the molecule is CCC(N=C1CCCCC1)OC(C)C. The molecule has 0 aromatic carbocycles. The summed E-state index contributed by atoms with van der Waals surface area (Å²) in [4.78, 5) is 4.69. The zero-order chi connectivity index (χ0) is 10.4. The Labute approximate surface area is 87.8 Å². The minimum Gasteiger partial charge on any atom is -0.354 e. The number of rotatable bonds is 4. The van der Waals surface area contributed by atoms with E-state index in [9.17, 15) is 0 Å². The van der Waals surface area contributed by atoms with E-state index < -0.39 is 0 Å². The Bertz CT molecular complexity index is 179. The van der Waals surface area contributed by atoms with Crippen molar-refractivity contribution in [3.63, 3.8) is 0 Å². The fourth-order valence-electron chi connectivity index (χ4n) is 1.82. The number of hydrogen-bond donors (Lipinski definition) is 0. The molecule has 0 radical (unpaired) electrons. The van der Waals surface area contributed by atoms with E-state index in [1.807, 2.05) is 0 Å². The minimum absolute atomic E-state index is 0.100. The lowest BCUT2D eigenvalue weighted by molar-refractivity contribution is 0.0112. The summed E-state index contributed by atoms with van der Waals surface area (Å²) in [5.74, 6) is 0. The second-order valence-corrected chi connectivity index (χ2v) is 4.30. The van der Waals surface area contributed by atoms with Gasteiger partial charge in [0.2, 0.25) is 0 Å². The number of aliphatic imine (C=N–C) groups is 1. The van der Waals surface area contributed by atoms with Crippen molar-refractivity contribution in [1.82, 2.24) is 0 Å². The maximum Gasteiger partial charge on any atom is 0.148 e. The Kier molecular flexibility index (Phi) is 5.16. The quantitative estimate of drug-likeness (QED) is 0.675. The van der Waals surface area contributed by atoms with E-state index in [1.165, 1.54) is 37.8 Å². The minimum atomic E-state index is 0.100. The second kappa shape index (κ2) is 6.18. The molecule has 1 fully saturated rings. The molecule has 0 heterocycles. The van der Waals surface area contributed by atoms with Crippen molar-refractivity contribution in [2.45, 2.75) is 71.6 Å². The molecule has 1 rings (SSSR count). The van der Waals surface area contributed by atoms with Crippen molar-refractivity contribution < 1.29 is 4.74 Å². The van der Waals surface area contributed by atoms with Crippen molar-refractivity contribution in [2.75, 3.05) is 0 Å². The fraction of sp³-hybridized carbons (Fsp3) is 0.917. The van der Waals surface area contributed by atoms with Crippen LogP contribution in [0.4, 0.5) is 0 Å². The molecule has 1 saturated carbocycles. The molecule has 0 aromatic rings. The van der Waals surface area contributed by atoms with Gasteiger partial charge >= 0.3 is 0 Å². The first-order valence-electron chi connectivity index (χ1n) is 5.93. The molecular formula is C12H23NO. The van der Waals surface area contributed by atoms with Gasteiger partial charge in [-0.15, -0.1) is 0 Å². The lowest BCUT2D eigenvalue weighted by Crippen LogP contribution is -2.18. The summed E-state index contributed by atoms with van der Waals surface area (Å²) in [5.41, 5.74) is 1.38. The third kappa shape index (κ3) is 4.23. The van der Waals surface area contributed by atoms with Gasteiger partial charge in [-0.1, -0.05) is 13.3 Å². The number of nitrogens with zero attached hydrogens (tertiary/aromatic N) is 1. The zero-order valence-corrected chi connectivity index (χ0v) is 9.75. The van der Waals surface area contributed by atoms with Crippen molar-refractivity contribution in [3.05, 3.63) is 0 Å². The highest BCUT2D eigenvalue weighted by Crippen LogP contribution is 2.17. The monoisotopic (exact) mass is 197 g/mol. The van der Waals surface area contributed by atoms with Gasteiger partial charge < -0.3 is 4.74 Å². The maximum atomic E-state index is 5.71. The van der Waals surface area contributed by atoms with E-state index in [1.54, 1.807) is 0 Å². The van der Waals surface area contributed by atoms with Crippen LogP contribution < -0.4 is 0 Å². The number of ether oxygens (including phenoxy) is 1. The van der Waals surface area contributed by atoms with E-state index in [0.29, 0.717) is 0 Å². The van der Waals surface area contributed by atoms with Crippen LogP contribution >= 0.6 is 0 Å². The van der Waals surface area contributed by atoms with Gasteiger partial charge in [0.05, 0.1) is 6.10 Å². The molecule has 0 bridgehead atoms. The summed E-state index contributed by atoms with van der Waals surface area (Å²) in [6, 6.07) is 0. The van der Waals surface area contributed by atoms with E-state index in [2.05, 4.69) is 25.8 Å². The van der Waals surface area contributed by atoms with Gasteiger partial charge in [0.25, 0.3) is 0 Å². The second-order valence-electron chi connectivity index (χ2n) is 4.30. The Hall–Kier alpha value is -0.370. The van der Waals surface area contributed by atoms with Crippen molar-refractivity contribution in [2.24, 2.45) is 4.99 Å². The number of hydrogen-bond acceptors (Lipinski definition) is 2. The average Bonchev–Trinajstić information content (AvgIpc) is 2.17. The molecule has 1 aliphatic rings. The first kappa shape index (κ1) is 11.7. The Balaban J connectivity index is 2.43. The molecule has 1 aliphatic carbocycles. The highest BCUT2D eigenvalue weighted by molar-refractivity contribution is 5.85. The molecule has 2 heteroatoms. The first-order chi connectivity index (χ1) is 6.72. The summed E-state index contributed by atoms with van der Waals surface area (Å²) in [5, 5.41) is 0. The Morgan fingerprint density at radius 3 is 2.36 bits per heavy atom. The summed E-state index contributed by atoms with van der Waals surface area (Å²) in [7, 11) is 0. The molecule has 0 aliphatic heterocycles. The molecule has 1 unspecified atom stereocenters. The molecule has 1 atom stereocenters. The summed E-state index contributed by atoms with van der Waals surface area (Å²) < 4.78 is 5.71. The Morgan fingerprint density at radius 2 is 1.86 bits per heavy atom. The van der Waals surface area contributed by atoms with Crippen LogP contribution in [0.15, 0.2) is 4.99 Å². The van der Waals surface area contributed by atoms with Gasteiger partial charge in [-0.25, -0.2) is 0 Å². The molecule has 0 N–H and O–H groups in total. The molecule has 14 heavy (non-hydrogen) atoms. The fourth-order valence-corrected chi connectivity index (χ4v) is 1.82. The van der Waals surface area contributed by atoms with Gasteiger partial charge in [-0.05, 0) is 46.0 Å². The average molecular weight is 197 g/mol. The van der Waals surface area contributed by atoms with Gasteiger partial charge in [0, 0.05) is 5.71 Å². The standard InChI is InChI=1S/C12H23NO/c1-4-12(14-10(2)3)13-11-8-6-5-7-9-11/h10,12H,4-9H2,1-3H3. The molecule has 0 amide bonds. The summed E-state index contributed by atoms with van der Waals surface area (Å²) >= 11 is 0. The normalized spacial score (nSPS) is 19.9. The smallest absolute Gasteiger partial charge is 0.148 e. The van der Waals surface area contributed by atoms with Crippen LogP contribution in [-0.2, 0) is 4.74 Å². The van der Waals surface area contributed by atoms with Crippen LogP contribution in [-0.4, -0.2) is 18.0 Å². The van der Waals surface area contributed by atoms with Gasteiger partial charge in [0.15, 0.2) is 0 Å². The van der Waals surface area contributed by atoms with Crippen LogP contribution in [0.2, 0.25) is 0 Å². The molecule has 0 aromatic heterocycles. The lowest BCUT2D eigenvalue weighted by atomic mass is 9.98. The zero-order valence-electron chi connectivity index (χ0n) is 9.75. The largest absolute Gasteiger partial charge is 0.354 e. The molecule has 0 saturated heterocycles. The van der Waals surface area contributed by atoms with E-state index in [0.717, 1.165) is 6.42 Å².